The summed E-state index contributed by atoms with van der Waals surface area (Å²) in [5.74, 6) is 0.246. The van der Waals surface area contributed by atoms with Gasteiger partial charge >= 0.3 is 0 Å². The fraction of sp³-hybridized carbons (Fsp3) is 0.462. The molecule has 4 nitrogen and oxygen atoms in total. The third-order valence-corrected chi connectivity index (χ3v) is 2.59. The highest BCUT2D eigenvalue weighted by atomic mass is 15.2. The second kappa shape index (κ2) is 6.91. The number of hydrogen-bond acceptors (Lipinski definition) is 3. The lowest BCUT2D eigenvalue weighted by Gasteiger charge is -2.26. The third-order valence-electron chi connectivity index (χ3n) is 2.59. The van der Waals surface area contributed by atoms with E-state index in [9.17, 15) is 0 Å². The summed E-state index contributed by atoms with van der Waals surface area (Å²) >= 11 is 0. The largest absolute Gasteiger partial charge is 0.388 e. The number of anilines is 1. The standard InChI is InChI=1S/C13H22N4/c1-16(2)10-11-17(9-8-13(14)15)12-6-4-3-5-7-12/h3-7H,8-11H2,1-2H3,(H3,14,15). The molecule has 1 rings (SSSR count). The molecule has 0 radical (unpaired) electrons. The van der Waals surface area contributed by atoms with Crippen LogP contribution in [0.1, 0.15) is 6.42 Å². The quantitative estimate of drug-likeness (QED) is 0.553. The molecule has 0 heterocycles. The van der Waals surface area contributed by atoms with E-state index in [0.29, 0.717) is 6.42 Å². The molecule has 0 fully saturated rings. The van der Waals surface area contributed by atoms with Crippen LogP contribution in [-0.4, -0.2) is 44.5 Å². The smallest absolute Gasteiger partial charge is 0.0923 e. The van der Waals surface area contributed by atoms with Gasteiger partial charge in [0.2, 0.25) is 0 Å². The van der Waals surface area contributed by atoms with Crippen LogP contribution in [0.25, 0.3) is 0 Å². The Labute approximate surface area is 104 Å². The number of likely N-dealkylation sites (N-methyl/N-ethyl adjacent to an activating group) is 1. The first kappa shape index (κ1) is 13.5. The zero-order valence-electron chi connectivity index (χ0n) is 10.7. The van der Waals surface area contributed by atoms with Gasteiger partial charge in [0.15, 0.2) is 0 Å². The summed E-state index contributed by atoms with van der Waals surface area (Å²) in [7, 11) is 4.13. The van der Waals surface area contributed by atoms with Crippen LogP contribution in [0.5, 0.6) is 0 Å². The van der Waals surface area contributed by atoms with Crippen LogP contribution < -0.4 is 10.6 Å². The molecule has 17 heavy (non-hydrogen) atoms. The Bertz CT molecular complexity index is 335. The molecule has 0 aliphatic heterocycles. The van der Waals surface area contributed by atoms with Crippen molar-refractivity contribution in [3.05, 3.63) is 30.3 Å². The van der Waals surface area contributed by atoms with Crippen molar-refractivity contribution in [3.63, 3.8) is 0 Å². The summed E-state index contributed by atoms with van der Waals surface area (Å²) in [6.45, 7) is 2.74. The van der Waals surface area contributed by atoms with Crippen molar-refractivity contribution >= 4 is 11.5 Å². The fourth-order valence-electron chi connectivity index (χ4n) is 1.58. The predicted molar refractivity (Wildman–Crippen MR) is 73.7 cm³/mol. The molecule has 1 aromatic carbocycles. The molecule has 1 aromatic rings. The normalized spacial score (nSPS) is 10.5. The molecule has 0 spiro atoms. The Kier molecular flexibility index (Phi) is 5.49. The number of nitrogens with two attached hydrogens (primary N) is 1. The van der Waals surface area contributed by atoms with Gasteiger partial charge in [-0.05, 0) is 26.2 Å². The second-order valence-electron chi connectivity index (χ2n) is 4.40. The maximum absolute atomic E-state index is 7.31. The van der Waals surface area contributed by atoms with Gasteiger partial charge in [-0.2, -0.15) is 0 Å². The van der Waals surface area contributed by atoms with Gasteiger partial charge in [0, 0.05) is 31.7 Å². The molecule has 0 aromatic heterocycles. The number of para-hydroxylation sites is 1. The highest BCUT2D eigenvalue weighted by Gasteiger charge is 2.06. The molecule has 4 heteroatoms. The maximum Gasteiger partial charge on any atom is 0.0923 e. The molecule has 0 aliphatic carbocycles. The number of rotatable bonds is 7. The minimum atomic E-state index is 0.246. The molecular formula is C13H22N4. The van der Waals surface area contributed by atoms with Gasteiger partial charge in [-0.25, -0.2) is 0 Å². The lowest BCUT2D eigenvalue weighted by atomic mass is 10.2. The summed E-state index contributed by atoms with van der Waals surface area (Å²) < 4.78 is 0. The van der Waals surface area contributed by atoms with Gasteiger partial charge in [0.05, 0.1) is 5.84 Å². The molecular weight excluding hydrogens is 212 g/mol. The van der Waals surface area contributed by atoms with Crippen LogP contribution >= 0.6 is 0 Å². The first-order chi connectivity index (χ1) is 8.09. The van der Waals surface area contributed by atoms with Crippen molar-refractivity contribution in [2.75, 3.05) is 38.6 Å². The SMILES string of the molecule is CN(C)CCN(CCC(=N)N)c1ccccc1. The van der Waals surface area contributed by atoms with E-state index in [-0.39, 0.29) is 5.84 Å². The van der Waals surface area contributed by atoms with E-state index in [4.69, 9.17) is 11.1 Å². The lowest BCUT2D eigenvalue weighted by Crippen LogP contribution is -2.34. The number of hydrogen-bond donors (Lipinski definition) is 2. The van der Waals surface area contributed by atoms with Gasteiger partial charge in [-0.1, -0.05) is 18.2 Å². The summed E-state index contributed by atoms with van der Waals surface area (Å²) in [6, 6.07) is 10.3. The molecule has 0 aliphatic rings. The summed E-state index contributed by atoms with van der Waals surface area (Å²) in [6.07, 6.45) is 0.613. The molecule has 94 valence electrons. The summed E-state index contributed by atoms with van der Waals surface area (Å²) in [4.78, 5) is 4.42. The second-order valence-corrected chi connectivity index (χ2v) is 4.40. The van der Waals surface area contributed by atoms with Crippen LogP contribution in [0.2, 0.25) is 0 Å². The van der Waals surface area contributed by atoms with Crippen molar-refractivity contribution in [1.82, 2.24) is 4.90 Å². The molecule has 0 saturated carbocycles. The summed E-state index contributed by atoms with van der Waals surface area (Å²) in [5.41, 5.74) is 6.61. The highest BCUT2D eigenvalue weighted by molar-refractivity contribution is 5.77. The minimum absolute atomic E-state index is 0.246. The number of amidine groups is 1. The van der Waals surface area contributed by atoms with E-state index in [1.165, 1.54) is 5.69 Å². The molecule has 3 N–H and O–H groups in total. The third kappa shape index (κ3) is 5.36. The van der Waals surface area contributed by atoms with Crippen molar-refractivity contribution in [2.45, 2.75) is 6.42 Å². The summed E-state index contributed by atoms with van der Waals surface area (Å²) in [5, 5.41) is 7.31. The topological polar surface area (TPSA) is 56.4 Å². The molecule has 0 amide bonds. The van der Waals surface area contributed by atoms with Gasteiger partial charge in [-0.15, -0.1) is 0 Å². The van der Waals surface area contributed by atoms with Crippen LogP contribution in [-0.2, 0) is 0 Å². The number of benzene rings is 1. The van der Waals surface area contributed by atoms with E-state index < -0.39 is 0 Å². The monoisotopic (exact) mass is 234 g/mol. The van der Waals surface area contributed by atoms with E-state index in [1.807, 2.05) is 18.2 Å². The first-order valence-electron chi connectivity index (χ1n) is 5.87. The van der Waals surface area contributed by atoms with Gasteiger partial charge in [0.1, 0.15) is 0 Å². The van der Waals surface area contributed by atoms with Crippen LogP contribution in [0, 0.1) is 5.41 Å². The van der Waals surface area contributed by atoms with Crippen molar-refractivity contribution in [1.29, 1.82) is 5.41 Å². The Hall–Kier alpha value is -1.55. The Morgan fingerprint density at radius 3 is 2.29 bits per heavy atom. The Morgan fingerprint density at radius 2 is 1.76 bits per heavy atom. The van der Waals surface area contributed by atoms with Gasteiger partial charge < -0.3 is 15.5 Å². The van der Waals surface area contributed by atoms with Crippen LogP contribution in [0.4, 0.5) is 5.69 Å². The van der Waals surface area contributed by atoms with E-state index in [2.05, 4.69) is 36.0 Å². The molecule has 0 saturated heterocycles. The van der Waals surface area contributed by atoms with Crippen molar-refractivity contribution in [3.8, 4) is 0 Å². The van der Waals surface area contributed by atoms with E-state index in [0.717, 1.165) is 19.6 Å². The average molecular weight is 234 g/mol. The predicted octanol–water partition coefficient (Wildman–Crippen LogP) is 1.38. The molecule has 0 unspecified atom stereocenters. The number of nitrogens with zero attached hydrogens (tertiary/aromatic N) is 2. The van der Waals surface area contributed by atoms with Crippen molar-refractivity contribution < 1.29 is 0 Å². The molecule has 0 bridgehead atoms. The first-order valence-corrected chi connectivity index (χ1v) is 5.87. The maximum atomic E-state index is 7.31. The Morgan fingerprint density at radius 1 is 1.12 bits per heavy atom. The van der Waals surface area contributed by atoms with Crippen molar-refractivity contribution in [2.24, 2.45) is 5.73 Å². The zero-order valence-corrected chi connectivity index (χ0v) is 10.7. The van der Waals surface area contributed by atoms with Crippen LogP contribution in [0.3, 0.4) is 0 Å². The molecule has 0 atom stereocenters. The minimum Gasteiger partial charge on any atom is -0.388 e. The van der Waals surface area contributed by atoms with Gasteiger partial charge in [-0.3, -0.25) is 5.41 Å². The van der Waals surface area contributed by atoms with E-state index in [1.54, 1.807) is 0 Å². The number of nitrogens with one attached hydrogen (secondary N) is 1. The zero-order chi connectivity index (χ0) is 12.7. The van der Waals surface area contributed by atoms with Crippen LogP contribution in [0.15, 0.2) is 30.3 Å². The van der Waals surface area contributed by atoms with Gasteiger partial charge in [0.25, 0.3) is 0 Å². The van der Waals surface area contributed by atoms with E-state index >= 15 is 0 Å². The average Bonchev–Trinajstić information content (AvgIpc) is 2.29. The fourth-order valence-corrected chi connectivity index (χ4v) is 1.58. The highest BCUT2D eigenvalue weighted by Crippen LogP contribution is 2.13. The Balaban J connectivity index is 2.61. The lowest BCUT2D eigenvalue weighted by molar-refractivity contribution is 0.413.